The summed E-state index contributed by atoms with van der Waals surface area (Å²) >= 11 is 0. The summed E-state index contributed by atoms with van der Waals surface area (Å²) in [5.74, 6) is 1.81. The van der Waals surface area contributed by atoms with Crippen molar-refractivity contribution in [1.82, 2.24) is 9.62 Å². The van der Waals surface area contributed by atoms with Gasteiger partial charge >= 0.3 is 0 Å². The van der Waals surface area contributed by atoms with Gasteiger partial charge in [0.05, 0.1) is 17.4 Å². The Hall–Kier alpha value is -1.88. The van der Waals surface area contributed by atoms with Crippen molar-refractivity contribution in [2.45, 2.75) is 23.8 Å². The normalized spacial score (nSPS) is 20.1. The molecule has 1 aliphatic heterocycles. The summed E-state index contributed by atoms with van der Waals surface area (Å²) in [5.41, 5.74) is 0. The Morgan fingerprint density at radius 3 is 2.79 bits per heavy atom. The van der Waals surface area contributed by atoms with E-state index in [9.17, 15) is 13.2 Å². The number of carbonyl (C=O) groups excluding carboxylic acids is 1. The fourth-order valence-electron chi connectivity index (χ4n) is 2.70. The summed E-state index contributed by atoms with van der Waals surface area (Å²) in [5, 5.41) is 2.73. The van der Waals surface area contributed by atoms with Crippen molar-refractivity contribution in [3.05, 3.63) is 30.3 Å². The third-order valence-corrected chi connectivity index (χ3v) is 5.87. The van der Waals surface area contributed by atoms with Gasteiger partial charge in [0.2, 0.25) is 15.9 Å². The summed E-state index contributed by atoms with van der Waals surface area (Å²) in [6.07, 6.45) is 6.63. The molecule has 0 spiro atoms. The maximum atomic E-state index is 12.7. The molecule has 1 aliphatic rings. The molecule has 130 valence electrons. The second-order valence-corrected chi connectivity index (χ2v) is 7.64. The Kier molecular flexibility index (Phi) is 6.37. The lowest BCUT2D eigenvalue weighted by atomic mass is 9.98. The highest BCUT2D eigenvalue weighted by atomic mass is 32.2. The Labute approximate surface area is 143 Å². The molecule has 2 rings (SSSR count). The SMILES string of the molecule is C#C[C@@H](COC)NC(=O)[C@H]1CCCN(S(=O)(=O)c2ccccc2)C1. The van der Waals surface area contributed by atoms with Crippen LogP contribution in [0.3, 0.4) is 0 Å². The van der Waals surface area contributed by atoms with Crippen LogP contribution in [0.25, 0.3) is 0 Å². The predicted molar refractivity (Wildman–Crippen MR) is 90.6 cm³/mol. The van der Waals surface area contributed by atoms with E-state index in [0.717, 1.165) is 0 Å². The molecular weight excluding hydrogens is 328 g/mol. The molecule has 2 atom stereocenters. The molecule has 0 aliphatic carbocycles. The van der Waals surface area contributed by atoms with Gasteiger partial charge in [-0.25, -0.2) is 8.42 Å². The number of sulfonamides is 1. The smallest absolute Gasteiger partial charge is 0.243 e. The van der Waals surface area contributed by atoms with Crippen LogP contribution in [0.2, 0.25) is 0 Å². The highest BCUT2D eigenvalue weighted by molar-refractivity contribution is 7.89. The summed E-state index contributed by atoms with van der Waals surface area (Å²) in [6.45, 7) is 0.798. The number of nitrogens with zero attached hydrogens (tertiary/aromatic N) is 1. The van der Waals surface area contributed by atoms with Crippen molar-refractivity contribution in [1.29, 1.82) is 0 Å². The molecule has 0 aromatic heterocycles. The van der Waals surface area contributed by atoms with E-state index in [1.807, 2.05) is 0 Å². The number of nitrogens with one attached hydrogen (secondary N) is 1. The molecule has 1 amide bonds. The number of hydrogen-bond acceptors (Lipinski definition) is 4. The Balaban J connectivity index is 2.06. The van der Waals surface area contributed by atoms with E-state index in [1.54, 1.807) is 30.3 Å². The van der Waals surface area contributed by atoms with E-state index in [2.05, 4.69) is 11.2 Å². The molecule has 1 heterocycles. The molecule has 0 radical (unpaired) electrons. The minimum Gasteiger partial charge on any atom is -0.382 e. The van der Waals surface area contributed by atoms with Gasteiger partial charge in [-0.1, -0.05) is 24.1 Å². The van der Waals surface area contributed by atoms with E-state index in [0.29, 0.717) is 19.4 Å². The Bertz CT molecular complexity index is 697. The van der Waals surface area contributed by atoms with Gasteiger partial charge in [-0.15, -0.1) is 6.42 Å². The van der Waals surface area contributed by atoms with Gasteiger partial charge in [0.1, 0.15) is 6.04 Å². The summed E-state index contributed by atoms with van der Waals surface area (Å²) in [4.78, 5) is 12.6. The lowest BCUT2D eigenvalue weighted by Gasteiger charge is -2.31. The van der Waals surface area contributed by atoms with Gasteiger partial charge in [0.15, 0.2) is 0 Å². The molecular formula is C17H22N2O4S. The number of piperidine rings is 1. The number of carbonyl (C=O) groups is 1. The maximum Gasteiger partial charge on any atom is 0.243 e. The first-order chi connectivity index (χ1) is 11.5. The largest absolute Gasteiger partial charge is 0.382 e. The van der Waals surface area contributed by atoms with Crippen LogP contribution in [0.1, 0.15) is 12.8 Å². The van der Waals surface area contributed by atoms with Crippen molar-refractivity contribution in [2.24, 2.45) is 5.92 Å². The number of methoxy groups -OCH3 is 1. The summed E-state index contributed by atoms with van der Waals surface area (Å²) in [7, 11) is -2.08. The van der Waals surface area contributed by atoms with Gasteiger partial charge in [0.25, 0.3) is 0 Å². The first-order valence-electron chi connectivity index (χ1n) is 7.79. The first-order valence-corrected chi connectivity index (χ1v) is 9.23. The zero-order chi connectivity index (χ0) is 17.6. The second kappa shape index (κ2) is 8.29. The molecule has 0 saturated carbocycles. The summed E-state index contributed by atoms with van der Waals surface area (Å²) in [6, 6.07) is 7.75. The lowest BCUT2D eigenvalue weighted by Crippen LogP contribution is -2.48. The van der Waals surface area contributed by atoms with Crippen LogP contribution in [0.5, 0.6) is 0 Å². The molecule has 7 heteroatoms. The first kappa shape index (κ1) is 18.5. The van der Waals surface area contributed by atoms with Crippen LogP contribution in [-0.4, -0.2) is 51.5 Å². The van der Waals surface area contributed by atoms with Gasteiger partial charge < -0.3 is 10.1 Å². The van der Waals surface area contributed by atoms with Crippen molar-refractivity contribution in [2.75, 3.05) is 26.8 Å². The highest BCUT2D eigenvalue weighted by Crippen LogP contribution is 2.23. The van der Waals surface area contributed by atoms with E-state index in [-0.39, 0.29) is 24.0 Å². The molecule has 1 aromatic rings. The van der Waals surface area contributed by atoms with Crippen molar-refractivity contribution >= 4 is 15.9 Å². The molecule has 1 fully saturated rings. The fourth-order valence-corrected chi connectivity index (χ4v) is 4.25. The molecule has 1 saturated heterocycles. The number of benzene rings is 1. The van der Waals surface area contributed by atoms with E-state index >= 15 is 0 Å². The lowest BCUT2D eigenvalue weighted by molar-refractivity contribution is -0.126. The summed E-state index contributed by atoms with van der Waals surface area (Å²) < 4.78 is 31.7. The van der Waals surface area contributed by atoms with Crippen LogP contribution >= 0.6 is 0 Å². The van der Waals surface area contributed by atoms with Crippen molar-refractivity contribution in [3.63, 3.8) is 0 Å². The van der Waals surface area contributed by atoms with Crippen LogP contribution in [-0.2, 0) is 19.6 Å². The quantitative estimate of drug-likeness (QED) is 0.772. The topological polar surface area (TPSA) is 75.7 Å². The number of terminal acetylenes is 1. The molecule has 6 nitrogen and oxygen atoms in total. The van der Waals surface area contributed by atoms with E-state index in [1.165, 1.54) is 11.4 Å². The average molecular weight is 350 g/mol. The minimum absolute atomic E-state index is 0.160. The standard InChI is InChI=1S/C17H22N2O4S/c1-3-15(13-23-2)18-17(20)14-8-7-11-19(12-14)24(21,22)16-9-5-4-6-10-16/h1,4-6,9-10,14-15H,7-8,11-13H2,2H3,(H,18,20)/t14-,15-/m0/s1. The third kappa shape index (κ3) is 4.35. The Morgan fingerprint density at radius 1 is 1.46 bits per heavy atom. The van der Waals surface area contributed by atoms with Crippen LogP contribution in [0.4, 0.5) is 0 Å². The third-order valence-electron chi connectivity index (χ3n) is 3.99. The maximum absolute atomic E-state index is 12.7. The zero-order valence-electron chi connectivity index (χ0n) is 13.6. The monoisotopic (exact) mass is 350 g/mol. The van der Waals surface area contributed by atoms with Crippen LogP contribution < -0.4 is 5.32 Å². The number of hydrogen-bond donors (Lipinski definition) is 1. The number of amides is 1. The second-order valence-electron chi connectivity index (χ2n) is 5.70. The average Bonchev–Trinajstić information content (AvgIpc) is 2.62. The van der Waals surface area contributed by atoms with Crippen LogP contribution in [0, 0.1) is 18.3 Å². The number of rotatable bonds is 6. The van der Waals surface area contributed by atoms with Crippen molar-refractivity contribution in [3.8, 4) is 12.3 Å². The van der Waals surface area contributed by atoms with E-state index < -0.39 is 22.0 Å². The van der Waals surface area contributed by atoms with Gasteiger partial charge in [0, 0.05) is 20.2 Å². The van der Waals surface area contributed by atoms with E-state index in [4.69, 9.17) is 11.2 Å². The predicted octanol–water partition coefficient (Wildman–Crippen LogP) is 0.852. The minimum atomic E-state index is -3.58. The molecule has 0 unspecified atom stereocenters. The van der Waals surface area contributed by atoms with Crippen molar-refractivity contribution < 1.29 is 17.9 Å². The highest BCUT2D eigenvalue weighted by Gasteiger charge is 2.33. The van der Waals surface area contributed by atoms with Gasteiger partial charge in [-0.3, -0.25) is 4.79 Å². The zero-order valence-corrected chi connectivity index (χ0v) is 14.5. The Morgan fingerprint density at radius 2 is 2.17 bits per heavy atom. The molecule has 24 heavy (non-hydrogen) atoms. The number of ether oxygens (including phenoxy) is 1. The van der Waals surface area contributed by atoms with Gasteiger partial charge in [-0.05, 0) is 25.0 Å². The van der Waals surface area contributed by atoms with Crippen LogP contribution in [0.15, 0.2) is 35.2 Å². The molecule has 0 bridgehead atoms. The molecule has 1 aromatic carbocycles. The molecule has 1 N–H and O–H groups in total. The fraction of sp³-hybridized carbons (Fsp3) is 0.471. The van der Waals surface area contributed by atoms with Gasteiger partial charge in [-0.2, -0.15) is 4.31 Å².